The van der Waals surface area contributed by atoms with Crippen molar-refractivity contribution in [2.45, 2.75) is 52.0 Å². The van der Waals surface area contributed by atoms with Crippen molar-refractivity contribution < 1.29 is 4.74 Å². The summed E-state index contributed by atoms with van der Waals surface area (Å²) in [5, 5.41) is 3.73. The largest absolute Gasteiger partial charge is 0.496 e. The lowest BCUT2D eigenvalue weighted by Crippen LogP contribution is -2.36. The Hall–Kier alpha value is -1.02. The van der Waals surface area contributed by atoms with Gasteiger partial charge in [0.05, 0.1) is 7.11 Å². The number of hydrogen-bond donors (Lipinski definition) is 1. The molecule has 1 saturated carbocycles. The molecule has 19 heavy (non-hydrogen) atoms. The monoisotopic (exact) mass is 261 g/mol. The molecule has 1 aliphatic carbocycles. The molecule has 106 valence electrons. The first-order chi connectivity index (χ1) is 9.27. The van der Waals surface area contributed by atoms with Crippen LogP contribution < -0.4 is 10.1 Å². The maximum Gasteiger partial charge on any atom is 0.123 e. The zero-order chi connectivity index (χ0) is 13.7. The van der Waals surface area contributed by atoms with Crippen molar-refractivity contribution >= 4 is 0 Å². The highest BCUT2D eigenvalue weighted by molar-refractivity contribution is 5.37. The zero-order valence-corrected chi connectivity index (χ0v) is 12.5. The van der Waals surface area contributed by atoms with Gasteiger partial charge in [-0.15, -0.1) is 0 Å². The highest BCUT2D eigenvalue weighted by Crippen LogP contribution is 2.51. The maximum atomic E-state index is 5.58. The molecule has 0 aliphatic heterocycles. The van der Waals surface area contributed by atoms with Crippen LogP contribution in [-0.4, -0.2) is 13.7 Å². The number of para-hydroxylation sites is 1. The summed E-state index contributed by atoms with van der Waals surface area (Å²) in [5.74, 6) is 1.02. The van der Waals surface area contributed by atoms with Gasteiger partial charge in [0.25, 0.3) is 0 Å². The summed E-state index contributed by atoms with van der Waals surface area (Å²) >= 11 is 0. The Morgan fingerprint density at radius 1 is 1.21 bits per heavy atom. The number of ether oxygens (including phenoxy) is 1. The Labute approximate surface area is 117 Å². The number of rotatable bonds is 6. The van der Waals surface area contributed by atoms with Crippen LogP contribution in [0.2, 0.25) is 0 Å². The molecule has 1 unspecified atom stereocenters. The van der Waals surface area contributed by atoms with E-state index in [0.717, 1.165) is 12.3 Å². The van der Waals surface area contributed by atoms with Crippen LogP contribution in [0.4, 0.5) is 0 Å². The molecule has 1 aromatic rings. The van der Waals surface area contributed by atoms with Crippen LogP contribution in [0, 0.1) is 5.41 Å². The van der Waals surface area contributed by atoms with Crippen LogP contribution in [0.3, 0.4) is 0 Å². The fraction of sp³-hybridized carbons (Fsp3) is 0.647. The number of benzene rings is 1. The Bertz CT molecular complexity index is 396. The third kappa shape index (κ3) is 2.79. The first kappa shape index (κ1) is 14.4. The van der Waals surface area contributed by atoms with Gasteiger partial charge in [-0.05, 0) is 37.3 Å². The third-order valence-corrected chi connectivity index (χ3v) is 4.77. The summed E-state index contributed by atoms with van der Waals surface area (Å²) in [4.78, 5) is 0. The number of methoxy groups -OCH3 is 1. The SMILES string of the molecule is CCNC(c1ccccc1OC)C1(CC)CCCC1. The molecule has 2 rings (SSSR count). The number of nitrogens with one attached hydrogen (secondary N) is 1. The first-order valence-electron chi connectivity index (χ1n) is 7.63. The van der Waals surface area contributed by atoms with Crippen LogP contribution in [0.1, 0.15) is 57.6 Å². The first-order valence-corrected chi connectivity index (χ1v) is 7.63. The van der Waals surface area contributed by atoms with E-state index in [4.69, 9.17) is 4.74 Å². The van der Waals surface area contributed by atoms with E-state index in [1.807, 2.05) is 0 Å². The fourth-order valence-corrected chi connectivity index (χ4v) is 3.69. The quantitative estimate of drug-likeness (QED) is 0.823. The second-order valence-electron chi connectivity index (χ2n) is 5.66. The highest BCUT2D eigenvalue weighted by atomic mass is 16.5. The summed E-state index contributed by atoms with van der Waals surface area (Å²) in [5.41, 5.74) is 1.74. The maximum absolute atomic E-state index is 5.58. The van der Waals surface area contributed by atoms with Gasteiger partial charge in [0.1, 0.15) is 5.75 Å². The van der Waals surface area contributed by atoms with E-state index in [1.165, 1.54) is 37.7 Å². The molecule has 2 nitrogen and oxygen atoms in total. The third-order valence-electron chi connectivity index (χ3n) is 4.77. The molecular formula is C17H27NO. The molecule has 1 aromatic carbocycles. The van der Waals surface area contributed by atoms with Crippen molar-refractivity contribution in [3.8, 4) is 5.75 Å². The lowest BCUT2D eigenvalue weighted by molar-refractivity contribution is 0.185. The van der Waals surface area contributed by atoms with Gasteiger partial charge in [0.15, 0.2) is 0 Å². The predicted octanol–water partition coefficient (Wildman–Crippen LogP) is 4.32. The van der Waals surface area contributed by atoms with E-state index in [9.17, 15) is 0 Å². The minimum absolute atomic E-state index is 0.407. The van der Waals surface area contributed by atoms with Gasteiger partial charge >= 0.3 is 0 Å². The minimum Gasteiger partial charge on any atom is -0.496 e. The van der Waals surface area contributed by atoms with Gasteiger partial charge < -0.3 is 10.1 Å². The van der Waals surface area contributed by atoms with E-state index in [-0.39, 0.29) is 0 Å². The molecule has 0 aromatic heterocycles. The van der Waals surface area contributed by atoms with Crippen molar-refractivity contribution in [2.75, 3.05) is 13.7 Å². The summed E-state index contributed by atoms with van der Waals surface area (Å²) < 4.78 is 5.58. The Morgan fingerprint density at radius 2 is 1.89 bits per heavy atom. The van der Waals surface area contributed by atoms with Crippen molar-refractivity contribution in [3.63, 3.8) is 0 Å². The number of hydrogen-bond acceptors (Lipinski definition) is 2. The average molecular weight is 261 g/mol. The summed E-state index contributed by atoms with van der Waals surface area (Å²) in [6.45, 7) is 5.54. The molecule has 1 atom stereocenters. The lowest BCUT2D eigenvalue weighted by Gasteiger charge is -2.38. The van der Waals surface area contributed by atoms with Crippen molar-refractivity contribution in [2.24, 2.45) is 5.41 Å². The van der Waals surface area contributed by atoms with Crippen molar-refractivity contribution in [1.29, 1.82) is 0 Å². The Balaban J connectivity index is 2.38. The molecule has 0 spiro atoms. The normalized spacial score (nSPS) is 19.3. The highest BCUT2D eigenvalue weighted by Gasteiger charge is 2.41. The van der Waals surface area contributed by atoms with Gasteiger partial charge in [-0.3, -0.25) is 0 Å². The van der Waals surface area contributed by atoms with Crippen LogP contribution in [-0.2, 0) is 0 Å². The van der Waals surface area contributed by atoms with Crippen LogP contribution >= 0.6 is 0 Å². The van der Waals surface area contributed by atoms with Gasteiger partial charge in [0, 0.05) is 11.6 Å². The van der Waals surface area contributed by atoms with Gasteiger partial charge in [-0.1, -0.05) is 44.9 Å². The molecule has 0 bridgehead atoms. The van der Waals surface area contributed by atoms with Crippen molar-refractivity contribution in [1.82, 2.24) is 5.32 Å². The fourth-order valence-electron chi connectivity index (χ4n) is 3.69. The summed E-state index contributed by atoms with van der Waals surface area (Å²) in [6, 6.07) is 8.90. The second-order valence-corrected chi connectivity index (χ2v) is 5.66. The molecule has 2 heteroatoms. The van der Waals surface area contributed by atoms with Crippen molar-refractivity contribution in [3.05, 3.63) is 29.8 Å². The molecular weight excluding hydrogens is 234 g/mol. The Kier molecular flexibility index (Phi) is 4.87. The van der Waals surface area contributed by atoms with E-state index < -0.39 is 0 Å². The molecule has 1 fully saturated rings. The molecule has 0 saturated heterocycles. The molecule has 0 radical (unpaired) electrons. The zero-order valence-electron chi connectivity index (χ0n) is 12.5. The molecule has 0 heterocycles. The summed E-state index contributed by atoms with van der Waals surface area (Å²) in [6.07, 6.45) is 6.64. The molecule has 1 N–H and O–H groups in total. The van der Waals surface area contributed by atoms with Gasteiger partial charge in [-0.25, -0.2) is 0 Å². The molecule has 0 amide bonds. The van der Waals surface area contributed by atoms with E-state index >= 15 is 0 Å². The smallest absolute Gasteiger partial charge is 0.123 e. The van der Waals surface area contributed by atoms with Gasteiger partial charge in [0.2, 0.25) is 0 Å². The van der Waals surface area contributed by atoms with E-state index in [1.54, 1.807) is 7.11 Å². The standard InChI is InChI=1S/C17H27NO/c1-4-17(12-8-9-13-17)16(18-5-2)14-10-6-7-11-15(14)19-3/h6-7,10-11,16,18H,4-5,8-9,12-13H2,1-3H3. The van der Waals surface area contributed by atoms with E-state index in [2.05, 4.69) is 43.4 Å². The minimum atomic E-state index is 0.407. The summed E-state index contributed by atoms with van der Waals surface area (Å²) in [7, 11) is 1.77. The van der Waals surface area contributed by atoms with Crippen LogP contribution in [0.5, 0.6) is 5.75 Å². The van der Waals surface area contributed by atoms with Crippen LogP contribution in [0.25, 0.3) is 0 Å². The predicted molar refractivity (Wildman–Crippen MR) is 80.6 cm³/mol. The van der Waals surface area contributed by atoms with E-state index in [0.29, 0.717) is 11.5 Å². The second kappa shape index (κ2) is 6.42. The van der Waals surface area contributed by atoms with Gasteiger partial charge in [-0.2, -0.15) is 0 Å². The molecule has 1 aliphatic rings. The average Bonchev–Trinajstić information content (AvgIpc) is 2.94. The Morgan fingerprint density at radius 3 is 2.47 bits per heavy atom. The van der Waals surface area contributed by atoms with Crippen LogP contribution in [0.15, 0.2) is 24.3 Å². The lowest BCUT2D eigenvalue weighted by atomic mass is 9.73. The topological polar surface area (TPSA) is 21.3 Å².